The molecule has 2 rings (SSSR count). The largest absolute Gasteiger partial charge is 0.481 e. The average molecular weight is 335 g/mol. The van der Waals surface area contributed by atoms with E-state index in [1.807, 2.05) is 18.2 Å². The standard InChI is InChI=1S/C18H25NO3S/c1-13(2)16(23-12-14-7-4-3-5-8-14)17(20)19-10-6-9-15(11-19)18(21)22/h3-5,7-8,13,15-16H,6,9-12H2,1-2H3,(H,21,22). The van der Waals surface area contributed by atoms with Crippen LogP contribution in [0, 0.1) is 11.8 Å². The Kier molecular flexibility index (Phi) is 6.51. The molecule has 2 unspecified atom stereocenters. The molecule has 0 aliphatic carbocycles. The molecule has 1 aromatic rings. The Balaban J connectivity index is 1.99. The van der Waals surface area contributed by atoms with Gasteiger partial charge in [-0.3, -0.25) is 9.59 Å². The van der Waals surface area contributed by atoms with Crippen LogP contribution in [-0.2, 0) is 15.3 Å². The lowest BCUT2D eigenvalue weighted by molar-refractivity contribution is -0.145. The van der Waals surface area contributed by atoms with Gasteiger partial charge in [0.25, 0.3) is 0 Å². The fourth-order valence-corrected chi connectivity index (χ4v) is 4.11. The van der Waals surface area contributed by atoms with Gasteiger partial charge in [0.15, 0.2) is 0 Å². The lowest BCUT2D eigenvalue weighted by Crippen LogP contribution is -2.47. The zero-order chi connectivity index (χ0) is 16.8. The lowest BCUT2D eigenvalue weighted by Gasteiger charge is -2.34. The van der Waals surface area contributed by atoms with Crippen molar-refractivity contribution < 1.29 is 14.7 Å². The molecule has 0 radical (unpaired) electrons. The minimum atomic E-state index is -0.791. The van der Waals surface area contributed by atoms with E-state index in [0.717, 1.165) is 12.2 Å². The molecule has 1 fully saturated rings. The first-order valence-corrected chi connectivity index (χ1v) is 9.21. The molecule has 0 aromatic heterocycles. The molecule has 1 aromatic carbocycles. The predicted molar refractivity (Wildman–Crippen MR) is 93.3 cm³/mol. The quantitative estimate of drug-likeness (QED) is 0.867. The van der Waals surface area contributed by atoms with Crippen LogP contribution in [0.2, 0.25) is 0 Å². The van der Waals surface area contributed by atoms with E-state index in [-0.39, 0.29) is 17.1 Å². The van der Waals surface area contributed by atoms with Crippen molar-refractivity contribution in [1.29, 1.82) is 0 Å². The molecule has 4 nitrogen and oxygen atoms in total. The third-order valence-electron chi connectivity index (χ3n) is 4.20. The molecule has 1 aliphatic rings. The van der Waals surface area contributed by atoms with Gasteiger partial charge in [-0.15, -0.1) is 11.8 Å². The molecular formula is C18H25NO3S. The summed E-state index contributed by atoms with van der Waals surface area (Å²) in [5.41, 5.74) is 1.21. The van der Waals surface area contributed by atoms with Gasteiger partial charge in [-0.05, 0) is 24.3 Å². The number of carboxylic acid groups (broad SMARTS) is 1. The van der Waals surface area contributed by atoms with Gasteiger partial charge in [0.2, 0.25) is 5.91 Å². The lowest BCUT2D eigenvalue weighted by atomic mass is 9.97. The van der Waals surface area contributed by atoms with E-state index in [1.54, 1.807) is 16.7 Å². The highest BCUT2D eigenvalue weighted by atomic mass is 32.2. The second-order valence-electron chi connectivity index (χ2n) is 6.42. The van der Waals surface area contributed by atoms with Crippen molar-refractivity contribution in [3.05, 3.63) is 35.9 Å². The van der Waals surface area contributed by atoms with Crippen LogP contribution in [0.3, 0.4) is 0 Å². The molecular weight excluding hydrogens is 310 g/mol. The average Bonchev–Trinajstić information content (AvgIpc) is 2.55. The van der Waals surface area contributed by atoms with Crippen molar-refractivity contribution in [2.45, 2.75) is 37.7 Å². The first kappa shape index (κ1) is 17.9. The molecule has 1 saturated heterocycles. The van der Waals surface area contributed by atoms with Gasteiger partial charge in [-0.25, -0.2) is 0 Å². The van der Waals surface area contributed by atoms with Gasteiger partial charge in [-0.1, -0.05) is 44.2 Å². The number of likely N-dealkylation sites (tertiary alicyclic amines) is 1. The number of piperidine rings is 1. The maximum atomic E-state index is 12.8. The topological polar surface area (TPSA) is 57.6 Å². The molecule has 2 atom stereocenters. The van der Waals surface area contributed by atoms with Gasteiger partial charge in [0.1, 0.15) is 0 Å². The van der Waals surface area contributed by atoms with Crippen molar-refractivity contribution in [1.82, 2.24) is 4.90 Å². The first-order chi connectivity index (χ1) is 11.0. The maximum Gasteiger partial charge on any atom is 0.308 e. The highest BCUT2D eigenvalue weighted by Crippen LogP contribution is 2.27. The van der Waals surface area contributed by atoms with Crippen molar-refractivity contribution in [3.63, 3.8) is 0 Å². The third kappa shape index (κ3) is 4.99. The van der Waals surface area contributed by atoms with Crippen molar-refractivity contribution in [2.24, 2.45) is 11.8 Å². The van der Waals surface area contributed by atoms with Crippen LogP contribution in [0.5, 0.6) is 0 Å². The molecule has 1 amide bonds. The van der Waals surface area contributed by atoms with Gasteiger partial charge in [0, 0.05) is 18.8 Å². The normalized spacial score (nSPS) is 19.6. The van der Waals surface area contributed by atoms with Crippen LogP contribution < -0.4 is 0 Å². The number of aliphatic carboxylic acids is 1. The molecule has 0 spiro atoms. The number of benzene rings is 1. The van der Waals surface area contributed by atoms with Crippen molar-refractivity contribution >= 4 is 23.6 Å². The Hall–Kier alpha value is -1.49. The SMILES string of the molecule is CC(C)C(SCc1ccccc1)C(=O)N1CCCC(C(=O)O)C1. The van der Waals surface area contributed by atoms with E-state index in [9.17, 15) is 14.7 Å². The fourth-order valence-electron chi connectivity index (χ4n) is 2.87. The summed E-state index contributed by atoms with van der Waals surface area (Å²) in [4.78, 5) is 25.8. The predicted octanol–water partition coefficient (Wildman–Crippen LogP) is 3.27. The van der Waals surface area contributed by atoms with Crippen LogP contribution in [0.4, 0.5) is 0 Å². The van der Waals surface area contributed by atoms with Gasteiger partial charge in [-0.2, -0.15) is 0 Å². The monoisotopic (exact) mass is 335 g/mol. The zero-order valence-corrected chi connectivity index (χ0v) is 14.6. The Labute approximate surface area is 142 Å². The third-order valence-corrected chi connectivity index (χ3v) is 5.81. The summed E-state index contributed by atoms with van der Waals surface area (Å²) < 4.78 is 0. The van der Waals surface area contributed by atoms with E-state index in [1.165, 1.54) is 5.56 Å². The molecule has 0 saturated carbocycles. The Morgan fingerprint density at radius 2 is 2.00 bits per heavy atom. The second kappa shape index (κ2) is 8.39. The number of thioether (sulfide) groups is 1. The Bertz CT molecular complexity index is 532. The number of nitrogens with zero attached hydrogens (tertiary/aromatic N) is 1. The summed E-state index contributed by atoms with van der Waals surface area (Å²) in [5.74, 6) is -0.0977. The van der Waals surface area contributed by atoms with E-state index in [4.69, 9.17) is 0 Å². The highest BCUT2D eigenvalue weighted by Gasteiger charge is 2.33. The van der Waals surface area contributed by atoms with Crippen LogP contribution in [0.25, 0.3) is 0 Å². The number of amides is 1. The Morgan fingerprint density at radius 1 is 1.30 bits per heavy atom. The van der Waals surface area contributed by atoms with Crippen LogP contribution >= 0.6 is 11.8 Å². The smallest absolute Gasteiger partial charge is 0.308 e. The maximum absolute atomic E-state index is 12.8. The van der Waals surface area contributed by atoms with Gasteiger partial charge in [0.05, 0.1) is 11.2 Å². The summed E-state index contributed by atoms with van der Waals surface area (Å²) in [7, 11) is 0. The highest BCUT2D eigenvalue weighted by molar-refractivity contribution is 7.99. The second-order valence-corrected chi connectivity index (χ2v) is 7.55. The molecule has 1 heterocycles. The minimum absolute atomic E-state index is 0.0897. The molecule has 23 heavy (non-hydrogen) atoms. The van der Waals surface area contributed by atoms with E-state index < -0.39 is 11.9 Å². The van der Waals surface area contributed by atoms with Crippen molar-refractivity contribution in [3.8, 4) is 0 Å². The summed E-state index contributed by atoms with van der Waals surface area (Å²) in [6, 6.07) is 10.1. The molecule has 1 N–H and O–H groups in total. The van der Waals surface area contributed by atoms with Gasteiger partial charge < -0.3 is 10.0 Å². The summed E-state index contributed by atoms with van der Waals surface area (Å²) in [6.07, 6.45) is 1.44. The minimum Gasteiger partial charge on any atom is -0.481 e. The van der Waals surface area contributed by atoms with Crippen LogP contribution in [0.15, 0.2) is 30.3 Å². The molecule has 1 aliphatic heterocycles. The fraction of sp³-hybridized carbons (Fsp3) is 0.556. The number of carbonyl (C=O) groups excluding carboxylic acids is 1. The summed E-state index contributed by atoms with van der Waals surface area (Å²) in [6.45, 7) is 5.14. The number of hydrogen-bond donors (Lipinski definition) is 1. The zero-order valence-electron chi connectivity index (χ0n) is 13.8. The van der Waals surface area contributed by atoms with Gasteiger partial charge >= 0.3 is 5.97 Å². The molecule has 0 bridgehead atoms. The van der Waals surface area contributed by atoms with E-state index in [0.29, 0.717) is 19.5 Å². The Morgan fingerprint density at radius 3 is 2.61 bits per heavy atom. The van der Waals surface area contributed by atoms with Crippen LogP contribution in [0.1, 0.15) is 32.3 Å². The molecule has 126 valence electrons. The number of carboxylic acids is 1. The molecule has 5 heteroatoms. The summed E-state index contributed by atoms with van der Waals surface area (Å²) >= 11 is 1.66. The van der Waals surface area contributed by atoms with E-state index in [2.05, 4.69) is 26.0 Å². The van der Waals surface area contributed by atoms with Crippen molar-refractivity contribution in [2.75, 3.05) is 13.1 Å². The van der Waals surface area contributed by atoms with E-state index >= 15 is 0 Å². The summed E-state index contributed by atoms with van der Waals surface area (Å²) in [5, 5.41) is 9.07. The number of carbonyl (C=O) groups is 2. The number of rotatable bonds is 6. The number of hydrogen-bond acceptors (Lipinski definition) is 3. The first-order valence-electron chi connectivity index (χ1n) is 8.16. The van der Waals surface area contributed by atoms with Crippen LogP contribution in [-0.4, -0.2) is 40.2 Å².